The molecule has 0 atom stereocenters. The topological polar surface area (TPSA) is 54.0 Å². The smallest absolute Gasteiger partial charge is 0.319 e. The number of hydrogen-bond acceptors (Lipinski definition) is 5. The predicted octanol–water partition coefficient (Wildman–Crippen LogP) is 4.82. The quantitative estimate of drug-likeness (QED) is 0.215. The van der Waals surface area contributed by atoms with Gasteiger partial charge in [-0.25, -0.2) is 0 Å². The lowest BCUT2D eigenvalue weighted by Gasteiger charge is -2.31. The van der Waals surface area contributed by atoms with Gasteiger partial charge in [0, 0.05) is 26.2 Å². The second kappa shape index (κ2) is 15.9. The van der Waals surface area contributed by atoms with Crippen LogP contribution >= 0.6 is 0 Å². The van der Waals surface area contributed by atoms with E-state index in [1.54, 1.807) is 0 Å². The molecule has 0 aliphatic heterocycles. The highest BCUT2D eigenvalue weighted by molar-refractivity contribution is 5.69. The number of carbonyl (C=O) groups is 1. The molecule has 0 fully saturated rings. The molecule has 0 aliphatic carbocycles. The molecule has 0 N–H and O–H groups in total. The van der Waals surface area contributed by atoms with Gasteiger partial charge in [0.15, 0.2) is 6.61 Å². The summed E-state index contributed by atoms with van der Waals surface area (Å²) in [5.74, 6) is -1.49. The van der Waals surface area contributed by atoms with Gasteiger partial charge in [-0.1, -0.05) is 51.9 Å². The lowest BCUT2D eigenvalue weighted by Crippen LogP contribution is -2.44. The van der Waals surface area contributed by atoms with Crippen LogP contribution in [0.25, 0.3) is 0 Å². The van der Waals surface area contributed by atoms with E-state index in [0.29, 0.717) is 26.2 Å². The maximum Gasteiger partial charge on any atom is 0.319 e. The van der Waals surface area contributed by atoms with Crippen LogP contribution in [0.4, 0.5) is 0 Å². The highest BCUT2D eigenvalue weighted by atomic mass is 16.9. The van der Waals surface area contributed by atoms with Crippen molar-refractivity contribution in [3.63, 3.8) is 0 Å². The van der Waals surface area contributed by atoms with Crippen molar-refractivity contribution in [3.05, 3.63) is 0 Å². The molecule has 24 heavy (non-hydrogen) atoms. The molecule has 0 aromatic rings. The van der Waals surface area contributed by atoms with E-state index in [1.807, 2.05) is 20.8 Å². The van der Waals surface area contributed by atoms with E-state index in [2.05, 4.69) is 6.92 Å². The van der Waals surface area contributed by atoms with E-state index >= 15 is 0 Å². The maximum absolute atomic E-state index is 11.9. The molecular weight excluding hydrogens is 308 g/mol. The summed E-state index contributed by atoms with van der Waals surface area (Å²) in [5.41, 5.74) is 0. The summed E-state index contributed by atoms with van der Waals surface area (Å²) in [4.78, 5) is 11.9. The highest BCUT2D eigenvalue weighted by Gasteiger charge is 2.34. The molecular formula is C19H38O5. The molecule has 0 bridgehead atoms. The first-order valence-electron chi connectivity index (χ1n) is 9.71. The van der Waals surface area contributed by atoms with Gasteiger partial charge in [0.2, 0.25) is 0 Å². The highest BCUT2D eigenvalue weighted by Crippen LogP contribution is 2.17. The standard InChI is InChI=1S/C19H38O5/c1-5-9-10-11-12-13-14-15-16-18(20)21-17-19(22-6-2,23-7-3)24-8-4/h5-17H2,1-4H3. The van der Waals surface area contributed by atoms with Gasteiger partial charge in [-0.3, -0.25) is 4.79 Å². The lowest BCUT2D eigenvalue weighted by atomic mass is 10.1. The molecule has 0 aromatic carbocycles. The van der Waals surface area contributed by atoms with Crippen LogP contribution in [0.3, 0.4) is 0 Å². The molecule has 5 heteroatoms. The van der Waals surface area contributed by atoms with Crippen molar-refractivity contribution in [2.24, 2.45) is 0 Å². The van der Waals surface area contributed by atoms with Crippen molar-refractivity contribution >= 4 is 5.97 Å². The van der Waals surface area contributed by atoms with Crippen LogP contribution in [0.2, 0.25) is 0 Å². The van der Waals surface area contributed by atoms with E-state index in [4.69, 9.17) is 18.9 Å². The van der Waals surface area contributed by atoms with E-state index in [0.717, 1.165) is 12.8 Å². The minimum atomic E-state index is -1.27. The Morgan fingerprint density at radius 3 is 1.62 bits per heavy atom. The number of rotatable bonds is 17. The molecule has 0 aromatic heterocycles. The lowest BCUT2D eigenvalue weighted by molar-refractivity contribution is -0.388. The third kappa shape index (κ3) is 11.8. The molecule has 144 valence electrons. The van der Waals surface area contributed by atoms with E-state index in [-0.39, 0.29) is 12.6 Å². The van der Waals surface area contributed by atoms with Crippen molar-refractivity contribution in [2.75, 3.05) is 26.4 Å². The number of unbranched alkanes of at least 4 members (excludes halogenated alkanes) is 7. The second-order valence-corrected chi connectivity index (χ2v) is 5.87. The summed E-state index contributed by atoms with van der Waals surface area (Å²) in [6.07, 6.45) is 10.1. The van der Waals surface area contributed by atoms with E-state index in [1.165, 1.54) is 38.5 Å². The minimum absolute atomic E-state index is 0.0294. The van der Waals surface area contributed by atoms with Gasteiger partial charge in [0.25, 0.3) is 0 Å². The minimum Gasteiger partial charge on any atom is -0.457 e. The fraction of sp³-hybridized carbons (Fsp3) is 0.947. The molecule has 0 rings (SSSR count). The van der Waals surface area contributed by atoms with Gasteiger partial charge in [-0.2, -0.15) is 0 Å². The summed E-state index contributed by atoms with van der Waals surface area (Å²) in [7, 11) is 0. The van der Waals surface area contributed by atoms with Crippen LogP contribution in [0.15, 0.2) is 0 Å². The first kappa shape index (κ1) is 23.4. The van der Waals surface area contributed by atoms with Crippen LogP contribution in [-0.2, 0) is 23.7 Å². The summed E-state index contributed by atoms with van der Waals surface area (Å²) in [5, 5.41) is 0. The van der Waals surface area contributed by atoms with Gasteiger partial charge < -0.3 is 18.9 Å². The van der Waals surface area contributed by atoms with Crippen LogP contribution in [0.5, 0.6) is 0 Å². The molecule has 0 saturated heterocycles. The van der Waals surface area contributed by atoms with E-state index in [9.17, 15) is 4.79 Å². The van der Waals surface area contributed by atoms with Gasteiger partial charge in [0.05, 0.1) is 0 Å². The molecule has 0 saturated carbocycles. The summed E-state index contributed by atoms with van der Waals surface area (Å²) in [6, 6.07) is 0. The molecule has 0 heterocycles. The summed E-state index contributed by atoms with van der Waals surface area (Å²) in [6.45, 7) is 9.04. The third-order valence-electron chi connectivity index (χ3n) is 3.74. The molecule has 0 radical (unpaired) electrons. The Balaban J connectivity index is 3.91. The van der Waals surface area contributed by atoms with Crippen molar-refractivity contribution in [1.29, 1.82) is 0 Å². The SMILES string of the molecule is CCCCCCCCCCC(=O)OCC(OCC)(OCC)OCC. The van der Waals surface area contributed by atoms with Crippen LogP contribution in [0, 0.1) is 0 Å². The summed E-state index contributed by atoms with van der Waals surface area (Å²) < 4.78 is 21.9. The Morgan fingerprint density at radius 1 is 0.708 bits per heavy atom. The average molecular weight is 347 g/mol. The Bertz CT molecular complexity index is 276. The zero-order chi connectivity index (χ0) is 18.1. The molecule has 0 amide bonds. The normalized spacial score (nSPS) is 11.7. The van der Waals surface area contributed by atoms with Crippen molar-refractivity contribution in [3.8, 4) is 0 Å². The monoisotopic (exact) mass is 346 g/mol. The van der Waals surface area contributed by atoms with Gasteiger partial charge in [-0.15, -0.1) is 0 Å². The number of hydrogen-bond donors (Lipinski definition) is 0. The first-order chi connectivity index (χ1) is 11.6. The molecule has 0 spiro atoms. The Kier molecular flexibility index (Phi) is 15.4. The first-order valence-corrected chi connectivity index (χ1v) is 9.71. The number of ether oxygens (including phenoxy) is 4. The molecule has 5 nitrogen and oxygen atoms in total. The van der Waals surface area contributed by atoms with Gasteiger partial charge in [0.1, 0.15) is 0 Å². The number of esters is 1. The predicted molar refractivity (Wildman–Crippen MR) is 95.8 cm³/mol. The maximum atomic E-state index is 11.9. The van der Waals surface area contributed by atoms with Crippen molar-refractivity contribution in [2.45, 2.75) is 91.5 Å². The fourth-order valence-electron chi connectivity index (χ4n) is 2.55. The molecule has 0 aliphatic rings. The zero-order valence-electron chi connectivity index (χ0n) is 16.2. The Labute approximate surface area is 148 Å². The fourth-order valence-corrected chi connectivity index (χ4v) is 2.55. The Morgan fingerprint density at radius 2 is 1.17 bits per heavy atom. The van der Waals surface area contributed by atoms with Crippen LogP contribution < -0.4 is 0 Å². The Hall–Kier alpha value is -0.650. The third-order valence-corrected chi connectivity index (χ3v) is 3.74. The average Bonchev–Trinajstić information content (AvgIpc) is 2.56. The van der Waals surface area contributed by atoms with Crippen molar-refractivity contribution in [1.82, 2.24) is 0 Å². The van der Waals surface area contributed by atoms with E-state index < -0.39 is 5.97 Å². The number of carbonyl (C=O) groups excluding carboxylic acids is 1. The van der Waals surface area contributed by atoms with Crippen LogP contribution in [0.1, 0.15) is 85.5 Å². The zero-order valence-corrected chi connectivity index (χ0v) is 16.2. The van der Waals surface area contributed by atoms with Crippen molar-refractivity contribution < 1.29 is 23.7 Å². The molecule has 0 unspecified atom stereocenters. The van der Waals surface area contributed by atoms with Gasteiger partial charge in [-0.05, 0) is 27.2 Å². The largest absolute Gasteiger partial charge is 0.457 e. The summed E-state index contributed by atoms with van der Waals surface area (Å²) >= 11 is 0. The van der Waals surface area contributed by atoms with Crippen LogP contribution in [-0.4, -0.2) is 38.4 Å². The van der Waals surface area contributed by atoms with Gasteiger partial charge >= 0.3 is 11.9 Å². The second-order valence-electron chi connectivity index (χ2n) is 5.87.